The number of hydrogen-bond donors (Lipinski definition) is 0. The van der Waals surface area contributed by atoms with E-state index in [4.69, 9.17) is 17.0 Å². The molecule has 0 aliphatic rings. The standard InChI is InChI=1S/C12H20OS/c1-10(2)6-5-7-11(3)8-9-13-12(4)14/h6,8H,5,7,9H2,1-4H3/b11-8+. The van der Waals surface area contributed by atoms with Gasteiger partial charge in [-0.3, -0.25) is 0 Å². The van der Waals surface area contributed by atoms with Crippen molar-refractivity contribution in [2.24, 2.45) is 0 Å². The highest BCUT2D eigenvalue weighted by molar-refractivity contribution is 7.80. The quantitative estimate of drug-likeness (QED) is 0.502. The normalized spacial score (nSPS) is 11.0. The van der Waals surface area contributed by atoms with Gasteiger partial charge in [0.1, 0.15) is 6.61 Å². The van der Waals surface area contributed by atoms with Gasteiger partial charge in [-0.05, 0) is 51.9 Å². The van der Waals surface area contributed by atoms with Crippen molar-refractivity contribution in [1.29, 1.82) is 0 Å². The van der Waals surface area contributed by atoms with E-state index in [1.54, 1.807) is 6.92 Å². The molecule has 0 atom stereocenters. The number of hydrogen-bond acceptors (Lipinski definition) is 2. The number of rotatable bonds is 5. The lowest BCUT2D eigenvalue weighted by atomic mass is 10.1. The second-order valence-electron chi connectivity index (χ2n) is 3.67. The van der Waals surface area contributed by atoms with Crippen LogP contribution in [0.4, 0.5) is 0 Å². The maximum Gasteiger partial charge on any atom is 0.157 e. The lowest BCUT2D eigenvalue weighted by Gasteiger charge is -2.01. The third kappa shape index (κ3) is 9.46. The Balaban J connectivity index is 3.67. The van der Waals surface area contributed by atoms with Crippen LogP contribution in [0.15, 0.2) is 23.3 Å². The molecule has 1 nitrogen and oxygen atoms in total. The van der Waals surface area contributed by atoms with Crippen molar-refractivity contribution < 1.29 is 4.74 Å². The van der Waals surface area contributed by atoms with Gasteiger partial charge >= 0.3 is 0 Å². The maximum absolute atomic E-state index is 5.18. The Kier molecular flexibility index (Phi) is 7.40. The highest BCUT2D eigenvalue weighted by atomic mass is 32.1. The minimum atomic E-state index is 0.607. The van der Waals surface area contributed by atoms with E-state index in [1.807, 2.05) is 0 Å². The highest BCUT2D eigenvalue weighted by Crippen LogP contribution is 2.06. The van der Waals surface area contributed by atoms with Crippen LogP contribution in [-0.2, 0) is 4.74 Å². The zero-order valence-electron chi connectivity index (χ0n) is 9.59. The molecule has 2 heteroatoms. The molecule has 0 N–H and O–H groups in total. The molecule has 80 valence electrons. The van der Waals surface area contributed by atoms with Gasteiger partial charge in [-0.2, -0.15) is 0 Å². The van der Waals surface area contributed by atoms with E-state index in [2.05, 4.69) is 32.9 Å². The molecule has 0 amide bonds. The summed E-state index contributed by atoms with van der Waals surface area (Å²) in [5, 5.41) is 0.610. The van der Waals surface area contributed by atoms with Gasteiger partial charge in [0.05, 0.1) is 0 Å². The monoisotopic (exact) mass is 212 g/mol. The molecule has 0 radical (unpaired) electrons. The van der Waals surface area contributed by atoms with Crippen molar-refractivity contribution in [3.8, 4) is 0 Å². The summed E-state index contributed by atoms with van der Waals surface area (Å²) >= 11 is 4.81. The van der Waals surface area contributed by atoms with E-state index in [-0.39, 0.29) is 0 Å². The number of ether oxygens (including phenoxy) is 1. The van der Waals surface area contributed by atoms with E-state index < -0.39 is 0 Å². The first-order chi connectivity index (χ1) is 6.52. The van der Waals surface area contributed by atoms with Crippen molar-refractivity contribution in [3.63, 3.8) is 0 Å². The van der Waals surface area contributed by atoms with Gasteiger partial charge in [-0.25, -0.2) is 0 Å². The summed E-state index contributed by atoms with van der Waals surface area (Å²) in [4.78, 5) is 0. The summed E-state index contributed by atoms with van der Waals surface area (Å²) in [6, 6.07) is 0. The molecule has 0 aliphatic heterocycles. The van der Waals surface area contributed by atoms with Gasteiger partial charge < -0.3 is 4.74 Å². The lowest BCUT2D eigenvalue weighted by Crippen LogP contribution is -1.95. The van der Waals surface area contributed by atoms with Crippen molar-refractivity contribution >= 4 is 17.3 Å². The van der Waals surface area contributed by atoms with E-state index in [9.17, 15) is 0 Å². The predicted octanol–water partition coefficient (Wildman–Crippen LogP) is 4.04. The summed E-state index contributed by atoms with van der Waals surface area (Å²) in [6.45, 7) is 8.77. The summed E-state index contributed by atoms with van der Waals surface area (Å²) in [7, 11) is 0. The van der Waals surface area contributed by atoms with Gasteiger partial charge in [0.15, 0.2) is 5.05 Å². The summed E-state index contributed by atoms with van der Waals surface area (Å²) in [5.74, 6) is 0. The van der Waals surface area contributed by atoms with Crippen LogP contribution in [0, 0.1) is 0 Å². The fourth-order valence-corrected chi connectivity index (χ4v) is 1.06. The summed E-state index contributed by atoms with van der Waals surface area (Å²) < 4.78 is 5.18. The van der Waals surface area contributed by atoms with Crippen LogP contribution in [0.1, 0.15) is 40.5 Å². The van der Waals surface area contributed by atoms with Gasteiger partial charge in [0.2, 0.25) is 0 Å². The first kappa shape index (κ1) is 13.4. The molecule has 0 aromatic carbocycles. The van der Waals surface area contributed by atoms with E-state index in [0.717, 1.165) is 12.8 Å². The highest BCUT2D eigenvalue weighted by Gasteiger charge is 1.89. The van der Waals surface area contributed by atoms with Crippen LogP contribution in [-0.4, -0.2) is 11.7 Å². The molecule has 0 aromatic rings. The summed E-state index contributed by atoms with van der Waals surface area (Å²) in [6.07, 6.45) is 6.56. The minimum absolute atomic E-state index is 0.607. The second kappa shape index (κ2) is 7.74. The van der Waals surface area contributed by atoms with Gasteiger partial charge in [0, 0.05) is 6.92 Å². The summed E-state index contributed by atoms with van der Waals surface area (Å²) in [5.41, 5.74) is 2.74. The van der Waals surface area contributed by atoms with Gasteiger partial charge in [-0.15, -0.1) is 0 Å². The molecular weight excluding hydrogens is 192 g/mol. The Morgan fingerprint density at radius 2 is 1.79 bits per heavy atom. The third-order valence-corrected chi connectivity index (χ3v) is 1.93. The molecule has 0 bridgehead atoms. The molecule has 0 saturated carbocycles. The van der Waals surface area contributed by atoms with E-state index in [0.29, 0.717) is 11.7 Å². The first-order valence-electron chi connectivity index (χ1n) is 4.94. The van der Waals surface area contributed by atoms with Crippen LogP contribution in [0.25, 0.3) is 0 Å². The SMILES string of the molecule is CC(=S)OC/C=C(\C)CCC=C(C)C. The van der Waals surface area contributed by atoms with Crippen molar-refractivity contribution in [3.05, 3.63) is 23.3 Å². The average Bonchev–Trinajstić information content (AvgIpc) is 2.02. The van der Waals surface area contributed by atoms with Crippen LogP contribution < -0.4 is 0 Å². The van der Waals surface area contributed by atoms with Crippen molar-refractivity contribution in [2.45, 2.75) is 40.5 Å². The second-order valence-corrected chi connectivity index (χ2v) is 4.25. The fraction of sp³-hybridized carbons (Fsp3) is 0.583. The smallest absolute Gasteiger partial charge is 0.157 e. The number of thiocarbonyl (C=S) groups is 1. The van der Waals surface area contributed by atoms with Crippen molar-refractivity contribution in [2.75, 3.05) is 6.61 Å². The Labute approximate surface area is 92.8 Å². The average molecular weight is 212 g/mol. The first-order valence-corrected chi connectivity index (χ1v) is 5.35. The number of allylic oxidation sites excluding steroid dienone is 3. The van der Waals surface area contributed by atoms with E-state index in [1.165, 1.54) is 11.1 Å². The van der Waals surface area contributed by atoms with Crippen LogP contribution in [0.3, 0.4) is 0 Å². The van der Waals surface area contributed by atoms with Gasteiger partial charge in [-0.1, -0.05) is 17.2 Å². The Morgan fingerprint density at radius 1 is 1.14 bits per heavy atom. The van der Waals surface area contributed by atoms with Gasteiger partial charge in [0.25, 0.3) is 0 Å². The Hall–Kier alpha value is -0.630. The largest absolute Gasteiger partial charge is 0.483 e. The lowest BCUT2D eigenvalue weighted by molar-refractivity contribution is 0.356. The molecule has 14 heavy (non-hydrogen) atoms. The predicted molar refractivity (Wildman–Crippen MR) is 66.6 cm³/mol. The zero-order valence-corrected chi connectivity index (χ0v) is 10.4. The maximum atomic E-state index is 5.18. The van der Waals surface area contributed by atoms with Crippen LogP contribution in [0.5, 0.6) is 0 Å². The molecular formula is C12H20OS. The molecule has 0 aliphatic carbocycles. The topological polar surface area (TPSA) is 9.23 Å². The molecule has 0 aromatic heterocycles. The fourth-order valence-electron chi connectivity index (χ4n) is 0.992. The Morgan fingerprint density at radius 3 is 2.29 bits per heavy atom. The molecule has 0 saturated heterocycles. The minimum Gasteiger partial charge on any atom is -0.483 e. The third-order valence-electron chi connectivity index (χ3n) is 1.81. The molecule has 0 heterocycles. The Bertz CT molecular complexity index is 235. The van der Waals surface area contributed by atoms with E-state index >= 15 is 0 Å². The molecule has 0 rings (SSSR count). The zero-order chi connectivity index (χ0) is 11.0. The van der Waals surface area contributed by atoms with Crippen LogP contribution in [0.2, 0.25) is 0 Å². The molecule has 0 unspecified atom stereocenters. The molecule has 0 spiro atoms. The molecule has 0 fully saturated rings. The van der Waals surface area contributed by atoms with Crippen molar-refractivity contribution in [1.82, 2.24) is 0 Å². The van der Waals surface area contributed by atoms with Crippen LogP contribution >= 0.6 is 12.2 Å².